The fourth-order valence-corrected chi connectivity index (χ4v) is 3.85. The molecule has 5 atom stereocenters. The van der Waals surface area contributed by atoms with Gasteiger partial charge in [-0.05, 0) is 61.8 Å². The zero-order valence-electron chi connectivity index (χ0n) is 21.1. The van der Waals surface area contributed by atoms with Gasteiger partial charge in [-0.3, -0.25) is 14.4 Å². The Morgan fingerprint density at radius 3 is 2.00 bits per heavy atom. The number of hydrogen-bond acceptors (Lipinski definition) is 8. The molecule has 36 heavy (non-hydrogen) atoms. The molecule has 0 aromatic heterocycles. The summed E-state index contributed by atoms with van der Waals surface area (Å²) in [5, 5.41) is 35.9. The Morgan fingerprint density at radius 1 is 0.944 bits per heavy atom. The first-order chi connectivity index (χ1) is 16.8. The summed E-state index contributed by atoms with van der Waals surface area (Å²) in [6, 6.07) is 1.75. The van der Waals surface area contributed by atoms with Crippen LogP contribution >= 0.6 is 11.8 Å². The molecule has 0 aliphatic rings. The van der Waals surface area contributed by atoms with Crippen LogP contribution in [0.15, 0.2) is 24.3 Å². The van der Waals surface area contributed by atoms with Crippen LogP contribution in [0.2, 0.25) is 0 Å². The quantitative estimate of drug-likeness (QED) is 0.165. The Labute approximate surface area is 215 Å². The molecule has 1 aromatic carbocycles. The second-order valence-electron chi connectivity index (χ2n) is 9.08. The number of amides is 3. The van der Waals surface area contributed by atoms with Crippen LogP contribution in [0.25, 0.3) is 0 Å². The highest BCUT2D eigenvalue weighted by Crippen LogP contribution is 2.12. The van der Waals surface area contributed by atoms with Crippen molar-refractivity contribution in [3.05, 3.63) is 29.8 Å². The van der Waals surface area contributed by atoms with Crippen molar-refractivity contribution >= 4 is 35.5 Å². The summed E-state index contributed by atoms with van der Waals surface area (Å²) in [6.07, 6.45) is 1.20. The maximum atomic E-state index is 13.1. The van der Waals surface area contributed by atoms with Crippen LogP contribution in [0.4, 0.5) is 0 Å². The predicted molar refractivity (Wildman–Crippen MR) is 137 cm³/mol. The lowest BCUT2D eigenvalue weighted by atomic mass is 10.0. The number of hydrogen-bond donors (Lipinski definition) is 7. The summed E-state index contributed by atoms with van der Waals surface area (Å²) in [6.45, 7) is 4.92. The Bertz CT molecular complexity index is 880. The summed E-state index contributed by atoms with van der Waals surface area (Å²) in [4.78, 5) is 50.0. The molecule has 3 amide bonds. The molecule has 0 heterocycles. The first kappa shape index (κ1) is 31.2. The van der Waals surface area contributed by atoms with Gasteiger partial charge in [-0.2, -0.15) is 11.8 Å². The van der Waals surface area contributed by atoms with Crippen molar-refractivity contribution in [1.82, 2.24) is 16.0 Å². The average molecular weight is 527 g/mol. The van der Waals surface area contributed by atoms with Crippen LogP contribution in [0.5, 0.6) is 5.75 Å². The lowest BCUT2D eigenvalue weighted by molar-refractivity contribution is -0.145. The SMILES string of the molecule is CSCCC(NC(=O)C(N)Cc1ccc(O)cc1)C(=O)NC(CC(C)C)C(=O)NC(C(=O)O)C(C)O. The van der Waals surface area contributed by atoms with E-state index in [9.17, 15) is 34.5 Å². The fourth-order valence-electron chi connectivity index (χ4n) is 3.38. The van der Waals surface area contributed by atoms with E-state index in [2.05, 4.69) is 16.0 Å². The summed E-state index contributed by atoms with van der Waals surface area (Å²) in [5.74, 6) is -2.67. The molecule has 0 fully saturated rings. The van der Waals surface area contributed by atoms with Crippen molar-refractivity contribution in [2.24, 2.45) is 11.7 Å². The molecular weight excluding hydrogens is 488 g/mol. The number of rotatable bonds is 15. The average Bonchev–Trinajstić information content (AvgIpc) is 2.79. The van der Waals surface area contributed by atoms with Gasteiger partial charge in [0.2, 0.25) is 17.7 Å². The predicted octanol–water partition coefficient (Wildman–Crippen LogP) is -0.0190. The highest BCUT2D eigenvalue weighted by Gasteiger charge is 2.32. The van der Waals surface area contributed by atoms with Gasteiger partial charge in [-0.25, -0.2) is 4.79 Å². The van der Waals surface area contributed by atoms with E-state index >= 15 is 0 Å². The number of carbonyl (C=O) groups excluding carboxylic acids is 3. The summed E-state index contributed by atoms with van der Waals surface area (Å²) >= 11 is 1.48. The molecule has 5 unspecified atom stereocenters. The Balaban J connectivity index is 2.94. The molecule has 11 nitrogen and oxygen atoms in total. The fraction of sp³-hybridized carbons (Fsp3) is 0.583. The standard InChI is InChI=1S/C24H38N4O7S/c1-13(2)11-19(23(33)28-20(14(3)29)24(34)35)27-22(32)18(9-10-36-4)26-21(31)17(25)12-15-5-7-16(30)8-6-15/h5-8,13-14,17-20,29-30H,9-12,25H2,1-4H3,(H,26,31)(H,27,32)(H,28,33)(H,34,35). The molecule has 1 aromatic rings. The number of carboxylic acid groups (broad SMARTS) is 1. The van der Waals surface area contributed by atoms with Crippen LogP contribution in [0, 0.1) is 5.92 Å². The van der Waals surface area contributed by atoms with E-state index in [4.69, 9.17) is 5.73 Å². The zero-order chi connectivity index (χ0) is 27.4. The van der Waals surface area contributed by atoms with E-state index in [-0.39, 0.29) is 30.9 Å². The van der Waals surface area contributed by atoms with Gasteiger partial charge in [-0.15, -0.1) is 0 Å². The number of thioether (sulfide) groups is 1. The molecule has 0 spiro atoms. The molecular formula is C24H38N4O7S. The van der Waals surface area contributed by atoms with Crippen molar-refractivity contribution in [2.45, 2.75) is 70.3 Å². The normalized spacial score (nSPS) is 15.3. The largest absolute Gasteiger partial charge is 0.508 e. The van der Waals surface area contributed by atoms with Crippen molar-refractivity contribution in [3.8, 4) is 5.75 Å². The van der Waals surface area contributed by atoms with E-state index in [0.29, 0.717) is 5.75 Å². The van der Waals surface area contributed by atoms with E-state index in [0.717, 1.165) is 5.56 Å². The molecule has 202 valence electrons. The lowest BCUT2D eigenvalue weighted by Gasteiger charge is -2.26. The third-order valence-electron chi connectivity index (χ3n) is 5.36. The number of benzene rings is 1. The minimum absolute atomic E-state index is 0.0196. The monoisotopic (exact) mass is 526 g/mol. The van der Waals surface area contributed by atoms with Crippen molar-refractivity contribution in [1.29, 1.82) is 0 Å². The van der Waals surface area contributed by atoms with Gasteiger partial charge in [-0.1, -0.05) is 26.0 Å². The number of aliphatic carboxylic acids is 1. The van der Waals surface area contributed by atoms with Gasteiger partial charge in [0.1, 0.15) is 17.8 Å². The van der Waals surface area contributed by atoms with Crippen LogP contribution in [0.3, 0.4) is 0 Å². The number of nitrogens with one attached hydrogen (secondary N) is 3. The minimum Gasteiger partial charge on any atom is -0.508 e. The second-order valence-corrected chi connectivity index (χ2v) is 10.1. The van der Waals surface area contributed by atoms with Crippen LogP contribution in [0.1, 0.15) is 39.2 Å². The maximum absolute atomic E-state index is 13.1. The molecule has 8 N–H and O–H groups in total. The van der Waals surface area contributed by atoms with Gasteiger partial charge >= 0.3 is 5.97 Å². The molecule has 12 heteroatoms. The minimum atomic E-state index is -1.53. The van der Waals surface area contributed by atoms with E-state index in [1.165, 1.54) is 30.8 Å². The van der Waals surface area contributed by atoms with Gasteiger partial charge in [0.15, 0.2) is 6.04 Å². The lowest BCUT2D eigenvalue weighted by Crippen LogP contribution is -2.58. The molecule has 0 aliphatic carbocycles. The Hall–Kier alpha value is -2.83. The number of nitrogens with two attached hydrogens (primary N) is 1. The highest BCUT2D eigenvalue weighted by molar-refractivity contribution is 7.98. The zero-order valence-corrected chi connectivity index (χ0v) is 21.9. The molecule has 0 radical (unpaired) electrons. The van der Waals surface area contributed by atoms with Gasteiger partial charge < -0.3 is 37.0 Å². The number of carbonyl (C=O) groups is 4. The summed E-state index contributed by atoms with van der Waals surface area (Å²) in [5.41, 5.74) is 6.77. The number of aromatic hydroxyl groups is 1. The van der Waals surface area contributed by atoms with Crippen molar-refractivity contribution in [2.75, 3.05) is 12.0 Å². The van der Waals surface area contributed by atoms with Gasteiger partial charge in [0.05, 0.1) is 12.1 Å². The number of phenolic OH excluding ortho intramolecular Hbond substituents is 1. The molecule has 1 rings (SSSR count). The van der Waals surface area contributed by atoms with Crippen LogP contribution in [-0.4, -0.2) is 81.3 Å². The van der Waals surface area contributed by atoms with Crippen molar-refractivity contribution < 1.29 is 34.5 Å². The number of aliphatic hydroxyl groups excluding tert-OH is 1. The maximum Gasteiger partial charge on any atom is 0.328 e. The molecule has 0 saturated carbocycles. The van der Waals surface area contributed by atoms with E-state index < -0.39 is 54.0 Å². The molecule has 0 saturated heterocycles. The number of phenols is 1. The Morgan fingerprint density at radius 2 is 1.50 bits per heavy atom. The second kappa shape index (κ2) is 15.3. The van der Waals surface area contributed by atoms with Gasteiger partial charge in [0, 0.05) is 0 Å². The highest BCUT2D eigenvalue weighted by atomic mass is 32.2. The molecule has 0 bridgehead atoms. The van der Waals surface area contributed by atoms with Crippen molar-refractivity contribution in [3.63, 3.8) is 0 Å². The summed E-state index contributed by atoms with van der Waals surface area (Å²) < 4.78 is 0. The van der Waals surface area contributed by atoms with E-state index in [1.54, 1.807) is 12.1 Å². The summed E-state index contributed by atoms with van der Waals surface area (Å²) in [7, 11) is 0. The number of aliphatic hydroxyl groups is 1. The van der Waals surface area contributed by atoms with Crippen LogP contribution < -0.4 is 21.7 Å². The topological polar surface area (TPSA) is 191 Å². The number of carboxylic acids is 1. The Kier molecular flexibility index (Phi) is 13.3. The first-order valence-electron chi connectivity index (χ1n) is 11.7. The van der Waals surface area contributed by atoms with E-state index in [1.807, 2.05) is 20.1 Å². The van der Waals surface area contributed by atoms with Crippen LogP contribution in [-0.2, 0) is 25.6 Å². The third-order valence-corrected chi connectivity index (χ3v) is 6.00. The van der Waals surface area contributed by atoms with Gasteiger partial charge in [0.25, 0.3) is 0 Å². The smallest absolute Gasteiger partial charge is 0.328 e. The third kappa shape index (κ3) is 10.8. The molecule has 0 aliphatic heterocycles. The first-order valence-corrected chi connectivity index (χ1v) is 13.1.